The predicted molar refractivity (Wildman–Crippen MR) is 139 cm³/mol. The molecule has 1 fully saturated rings. The van der Waals surface area contributed by atoms with E-state index in [0.29, 0.717) is 5.11 Å². The van der Waals surface area contributed by atoms with E-state index in [4.69, 9.17) is 12.2 Å². The average Bonchev–Trinajstić information content (AvgIpc) is 3.30. The monoisotopic (exact) mass is 518 g/mol. The molecule has 1 aliphatic heterocycles. The van der Waals surface area contributed by atoms with Crippen LogP contribution in [0.2, 0.25) is 0 Å². The highest BCUT2D eigenvalue weighted by atomic mass is 79.9. The molecule has 7 heteroatoms. The number of aryl methyl sites for hydroxylation is 1. The van der Waals surface area contributed by atoms with Crippen molar-refractivity contribution in [2.75, 3.05) is 4.90 Å². The van der Waals surface area contributed by atoms with Gasteiger partial charge in [-0.15, -0.1) is 0 Å². The van der Waals surface area contributed by atoms with Gasteiger partial charge < -0.3 is 19.9 Å². The molecule has 0 amide bonds. The molecule has 5 nitrogen and oxygen atoms in total. The Labute approximate surface area is 206 Å². The second-order valence-electron chi connectivity index (χ2n) is 8.15. The maximum absolute atomic E-state index is 9.83. The third-order valence-electron chi connectivity index (χ3n) is 6.08. The van der Waals surface area contributed by atoms with Crippen molar-refractivity contribution in [3.05, 3.63) is 106 Å². The lowest BCUT2D eigenvalue weighted by molar-refractivity contribution is 0.475. The summed E-state index contributed by atoms with van der Waals surface area (Å²) >= 11 is 9.41. The van der Waals surface area contributed by atoms with Crippen molar-refractivity contribution in [2.45, 2.75) is 25.9 Å². The van der Waals surface area contributed by atoms with Crippen molar-refractivity contribution in [2.24, 2.45) is 0 Å². The van der Waals surface area contributed by atoms with E-state index in [0.717, 1.165) is 32.9 Å². The molecule has 4 aromatic rings. The third kappa shape index (κ3) is 3.92. The Hall–Kier alpha value is -3.16. The van der Waals surface area contributed by atoms with Gasteiger partial charge in [0.15, 0.2) is 5.11 Å². The van der Waals surface area contributed by atoms with E-state index in [1.54, 1.807) is 12.1 Å². The molecule has 33 heavy (non-hydrogen) atoms. The van der Waals surface area contributed by atoms with Crippen LogP contribution >= 0.6 is 28.1 Å². The summed E-state index contributed by atoms with van der Waals surface area (Å²) in [5.74, 6) is 0.225. The number of thiocarbonyl (C=S) groups is 1. The zero-order valence-corrected chi connectivity index (χ0v) is 20.6. The van der Waals surface area contributed by atoms with E-state index in [1.807, 2.05) is 48.7 Å². The van der Waals surface area contributed by atoms with Gasteiger partial charge >= 0.3 is 0 Å². The van der Waals surface area contributed by atoms with Crippen molar-refractivity contribution in [3.8, 4) is 11.4 Å². The number of nitrogens with zero attached hydrogens (tertiary/aromatic N) is 3. The lowest BCUT2D eigenvalue weighted by Crippen LogP contribution is -2.29. The Morgan fingerprint density at radius 1 is 0.970 bits per heavy atom. The van der Waals surface area contributed by atoms with E-state index >= 15 is 0 Å². The van der Waals surface area contributed by atoms with Gasteiger partial charge in [0.1, 0.15) is 5.75 Å². The minimum Gasteiger partial charge on any atom is -0.508 e. The van der Waals surface area contributed by atoms with Gasteiger partial charge in [-0.2, -0.15) is 0 Å². The second kappa shape index (κ2) is 8.65. The Balaban J connectivity index is 1.68. The highest BCUT2D eigenvalue weighted by Gasteiger charge is 2.42. The molecule has 2 N–H and O–H groups in total. The van der Waals surface area contributed by atoms with Crippen LogP contribution in [0.25, 0.3) is 5.69 Å². The lowest BCUT2D eigenvalue weighted by atomic mass is 9.96. The van der Waals surface area contributed by atoms with Crippen LogP contribution in [0.5, 0.6) is 5.75 Å². The van der Waals surface area contributed by atoms with Gasteiger partial charge in [-0.25, -0.2) is 0 Å². The highest BCUT2D eigenvalue weighted by Crippen LogP contribution is 2.44. The van der Waals surface area contributed by atoms with E-state index < -0.39 is 0 Å². The molecule has 2 aromatic heterocycles. The van der Waals surface area contributed by atoms with Crippen molar-refractivity contribution < 1.29 is 5.11 Å². The van der Waals surface area contributed by atoms with E-state index in [1.165, 1.54) is 5.56 Å². The molecule has 166 valence electrons. The Morgan fingerprint density at radius 3 is 2.45 bits per heavy atom. The summed E-state index contributed by atoms with van der Waals surface area (Å²) in [6.45, 7) is 4.27. The first-order valence-corrected chi connectivity index (χ1v) is 11.9. The molecule has 0 spiro atoms. The number of hydrogen-bond donors (Lipinski definition) is 2. The Kier molecular flexibility index (Phi) is 5.68. The minimum atomic E-state index is -0.121. The fraction of sp³-hybridized carbons (Fsp3) is 0.154. The molecule has 0 radical (unpaired) electrons. The van der Waals surface area contributed by atoms with Crippen LogP contribution in [0.1, 0.15) is 34.7 Å². The normalized spacial score (nSPS) is 17.9. The van der Waals surface area contributed by atoms with E-state index in [9.17, 15) is 5.11 Å². The van der Waals surface area contributed by atoms with Crippen molar-refractivity contribution in [1.29, 1.82) is 0 Å². The number of nitrogens with one attached hydrogen (secondary N) is 1. The molecule has 5 rings (SSSR count). The molecule has 1 aliphatic rings. The van der Waals surface area contributed by atoms with Crippen molar-refractivity contribution in [3.63, 3.8) is 0 Å². The number of rotatable bonds is 4. The van der Waals surface area contributed by atoms with Crippen LogP contribution in [-0.4, -0.2) is 19.8 Å². The van der Waals surface area contributed by atoms with E-state index in [2.05, 4.69) is 67.7 Å². The van der Waals surface area contributed by atoms with Crippen LogP contribution in [-0.2, 0) is 0 Å². The Morgan fingerprint density at radius 2 is 1.76 bits per heavy atom. The lowest BCUT2D eigenvalue weighted by Gasteiger charge is -2.28. The average molecular weight is 519 g/mol. The van der Waals surface area contributed by atoms with Crippen LogP contribution in [0.3, 0.4) is 0 Å². The van der Waals surface area contributed by atoms with Crippen LogP contribution in [0, 0.1) is 13.8 Å². The quantitative estimate of drug-likeness (QED) is 0.318. The molecule has 0 bridgehead atoms. The summed E-state index contributed by atoms with van der Waals surface area (Å²) in [4.78, 5) is 6.77. The number of hydrogen-bond acceptors (Lipinski definition) is 3. The molecule has 0 aliphatic carbocycles. The zero-order chi connectivity index (χ0) is 23.1. The fourth-order valence-electron chi connectivity index (χ4n) is 4.66. The van der Waals surface area contributed by atoms with Gasteiger partial charge in [0.05, 0.1) is 17.8 Å². The maximum atomic E-state index is 9.83. The van der Waals surface area contributed by atoms with Gasteiger partial charge in [0, 0.05) is 33.4 Å². The molecule has 0 unspecified atom stereocenters. The number of phenols is 1. The number of halogens is 1. The summed E-state index contributed by atoms with van der Waals surface area (Å²) in [5, 5.41) is 14.0. The number of pyridine rings is 1. The molecule has 2 atom stereocenters. The molecule has 2 aromatic carbocycles. The standard InChI is InChI=1S/C26H23BrN4OS/c1-16-14-22(17(2)30(16)20-7-5-6-18(27)15-20)25-24(23-8-3-4-13-28-23)29-26(33)31(25)19-9-11-21(32)12-10-19/h3-15,24-25,32H,1-2H3,(H,29,33)/t24-,25+/m1/s1. The number of aromatic nitrogens is 2. The maximum Gasteiger partial charge on any atom is 0.174 e. The molecule has 3 heterocycles. The number of anilines is 1. The first-order valence-electron chi connectivity index (χ1n) is 10.7. The number of benzene rings is 2. The van der Waals surface area contributed by atoms with Gasteiger partial charge in [0.2, 0.25) is 0 Å². The molecule has 0 saturated carbocycles. The fourth-order valence-corrected chi connectivity index (χ4v) is 5.39. The smallest absolute Gasteiger partial charge is 0.174 e. The van der Waals surface area contributed by atoms with E-state index in [-0.39, 0.29) is 17.8 Å². The molecule has 1 saturated heterocycles. The number of phenolic OH excluding ortho intramolecular Hbond substituents is 1. The van der Waals surface area contributed by atoms with Crippen molar-refractivity contribution >= 4 is 38.9 Å². The minimum absolute atomic E-state index is 0.107. The summed E-state index contributed by atoms with van der Waals surface area (Å²) in [7, 11) is 0. The summed E-state index contributed by atoms with van der Waals surface area (Å²) in [6.07, 6.45) is 1.81. The second-order valence-corrected chi connectivity index (χ2v) is 9.46. The number of aromatic hydroxyl groups is 1. The summed E-state index contributed by atoms with van der Waals surface area (Å²) in [5.41, 5.74) is 6.41. The first kappa shape index (κ1) is 21.7. The SMILES string of the molecule is Cc1cc([C@H]2[C@@H](c3ccccn3)NC(=S)N2c2ccc(O)cc2)c(C)n1-c1cccc(Br)c1. The highest BCUT2D eigenvalue weighted by molar-refractivity contribution is 9.10. The largest absolute Gasteiger partial charge is 0.508 e. The van der Waals surface area contributed by atoms with Gasteiger partial charge in [-0.3, -0.25) is 4.98 Å². The zero-order valence-electron chi connectivity index (χ0n) is 18.2. The van der Waals surface area contributed by atoms with Crippen LogP contribution in [0.15, 0.2) is 83.5 Å². The van der Waals surface area contributed by atoms with Gasteiger partial charge in [-0.1, -0.05) is 28.1 Å². The predicted octanol–water partition coefficient (Wildman–Crippen LogP) is 6.13. The summed E-state index contributed by atoms with van der Waals surface area (Å²) < 4.78 is 3.31. The van der Waals surface area contributed by atoms with Gasteiger partial charge in [-0.05, 0) is 92.3 Å². The first-order chi connectivity index (χ1) is 15.9. The molecular weight excluding hydrogens is 496 g/mol. The van der Waals surface area contributed by atoms with Crippen molar-refractivity contribution in [1.82, 2.24) is 14.9 Å². The van der Waals surface area contributed by atoms with Crippen LogP contribution < -0.4 is 10.2 Å². The molecular formula is C26H23BrN4OS. The third-order valence-corrected chi connectivity index (χ3v) is 6.89. The summed E-state index contributed by atoms with van der Waals surface area (Å²) in [6, 6.07) is 23.4. The van der Waals surface area contributed by atoms with Crippen LogP contribution in [0.4, 0.5) is 5.69 Å². The van der Waals surface area contributed by atoms with Gasteiger partial charge in [0.25, 0.3) is 0 Å². The Bertz CT molecular complexity index is 1320. The topological polar surface area (TPSA) is 53.3 Å².